The first-order valence-electron chi connectivity index (χ1n) is 14.0. The SMILES string of the molecule is COc1ccnc(C(=O)N[C@H]2CCC[C@H](Oc3ccccc3)[C@@H](OC3CCCC3)[C@H](C)OC2=O)c1OCOC(C)=O. The first-order valence-corrected chi connectivity index (χ1v) is 14.0. The van der Waals surface area contributed by atoms with Gasteiger partial charge in [-0.05, 0) is 51.2 Å². The average Bonchev–Trinajstić information content (AvgIpc) is 3.49. The Bertz CT molecular complexity index is 1170. The molecule has 2 fully saturated rings. The lowest BCUT2D eigenvalue weighted by atomic mass is 10.0. The Morgan fingerprint density at radius 2 is 1.80 bits per heavy atom. The van der Waals surface area contributed by atoms with Crippen LogP contribution in [0.2, 0.25) is 0 Å². The Labute approximate surface area is 239 Å². The van der Waals surface area contributed by atoms with E-state index in [4.69, 9.17) is 28.4 Å². The number of esters is 2. The number of benzene rings is 1. The quantitative estimate of drug-likeness (QED) is 0.330. The van der Waals surface area contributed by atoms with Crippen molar-refractivity contribution in [3.8, 4) is 17.2 Å². The van der Waals surface area contributed by atoms with Crippen LogP contribution in [0.25, 0.3) is 0 Å². The molecule has 11 heteroatoms. The number of aromatic nitrogens is 1. The number of pyridine rings is 1. The maximum absolute atomic E-state index is 13.3. The molecule has 0 unspecified atom stereocenters. The zero-order chi connectivity index (χ0) is 29.2. The first-order chi connectivity index (χ1) is 19.9. The third-order valence-corrected chi connectivity index (χ3v) is 7.15. The lowest BCUT2D eigenvalue weighted by Gasteiger charge is -2.33. The topological polar surface area (TPSA) is 132 Å². The number of nitrogens with zero attached hydrogens (tertiary/aromatic N) is 1. The van der Waals surface area contributed by atoms with Crippen LogP contribution in [-0.2, 0) is 23.8 Å². The van der Waals surface area contributed by atoms with Gasteiger partial charge in [0.25, 0.3) is 5.91 Å². The molecular formula is C30H38N2O9. The standard InChI is InChI=1S/C30H38N2O9/c1-19-27(41-22-12-7-8-13-22)25(40-21-10-5-4-6-11-21)15-9-14-23(30(35)39-19)32-29(34)26-28(38-18-37-20(2)33)24(36-3)16-17-31-26/h4-6,10-11,16-17,19,22-23,25,27H,7-9,12-15,18H2,1-3H3,(H,32,34)/t19-,23-,25-,27-/m0/s1. The van der Waals surface area contributed by atoms with Crippen LogP contribution >= 0.6 is 0 Å². The molecule has 1 amide bonds. The number of carbonyl (C=O) groups is 3. The van der Waals surface area contributed by atoms with Gasteiger partial charge < -0.3 is 33.7 Å². The van der Waals surface area contributed by atoms with E-state index in [0.29, 0.717) is 25.0 Å². The van der Waals surface area contributed by atoms with E-state index in [0.717, 1.165) is 25.7 Å². The molecule has 4 rings (SSSR count). The van der Waals surface area contributed by atoms with E-state index in [1.54, 1.807) is 6.92 Å². The number of methoxy groups -OCH3 is 1. The van der Waals surface area contributed by atoms with E-state index >= 15 is 0 Å². The van der Waals surface area contributed by atoms with Crippen LogP contribution in [0.1, 0.15) is 69.3 Å². The van der Waals surface area contributed by atoms with Crippen molar-refractivity contribution in [3.05, 3.63) is 48.3 Å². The third-order valence-electron chi connectivity index (χ3n) is 7.15. The molecule has 1 aromatic heterocycles. The molecule has 222 valence electrons. The van der Waals surface area contributed by atoms with E-state index in [-0.39, 0.29) is 29.4 Å². The smallest absolute Gasteiger partial charge is 0.329 e. The summed E-state index contributed by atoms with van der Waals surface area (Å²) >= 11 is 0. The Morgan fingerprint density at radius 3 is 2.51 bits per heavy atom. The van der Waals surface area contributed by atoms with Crippen LogP contribution in [0.4, 0.5) is 0 Å². The number of hydrogen-bond acceptors (Lipinski definition) is 10. The predicted molar refractivity (Wildman–Crippen MR) is 147 cm³/mol. The first kappa shape index (κ1) is 30.1. The number of ether oxygens (including phenoxy) is 6. The highest BCUT2D eigenvalue weighted by Gasteiger charge is 2.38. The highest BCUT2D eigenvalue weighted by Crippen LogP contribution is 2.31. The number of cyclic esters (lactones) is 1. The fourth-order valence-corrected chi connectivity index (χ4v) is 5.11. The Kier molecular flexibility index (Phi) is 10.8. The monoisotopic (exact) mass is 570 g/mol. The summed E-state index contributed by atoms with van der Waals surface area (Å²) in [4.78, 5) is 42.0. The minimum absolute atomic E-state index is 0.0140. The minimum Gasteiger partial charge on any atom is -0.493 e. The number of rotatable bonds is 10. The predicted octanol–water partition coefficient (Wildman–Crippen LogP) is 3.98. The fraction of sp³-hybridized carbons (Fsp3) is 0.533. The van der Waals surface area contributed by atoms with Gasteiger partial charge in [0.1, 0.15) is 30.1 Å². The highest BCUT2D eigenvalue weighted by atomic mass is 16.7. The lowest BCUT2D eigenvalue weighted by molar-refractivity contribution is -0.168. The van der Waals surface area contributed by atoms with Crippen molar-refractivity contribution >= 4 is 17.8 Å². The van der Waals surface area contributed by atoms with Crippen molar-refractivity contribution in [2.45, 2.75) is 89.3 Å². The zero-order valence-corrected chi connectivity index (χ0v) is 23.7. The van der Waals surface area contributed by atoms with Crippen LogP contribution in [0.3, 0.4) is 0 Å². The molecule has 1 N–H and O–H groups in total. The van der Waals surface area contributed by atoms with Gasteiger partial charge in [0.15, 0.2) is 17.2 Å². The van der Waals surface area contributed by atoms with Gasteiger partial charge in [0, 0.05) is 19.2 Å². The van der Waals surface area contributed by atoms with Crippen molar-refractivity contribution < 1.29 is 42.8 Å². The molecular weight excluding hydrogens is 532 g/mol. The van der Waals surface area contributed by atoms with Crippen molar-refractivity contribution in [1.29, 1.82) is 0 Å². The Balaban J connectivity index is 1.51. The molecule has 1 saturated carbocycles. The Morgan fingerprint density at radius 1 is 1.05 bits per heavy atom. The van der Waals surface area contributed by atoms with Crippen molar-refractivity contribution in [1.82, 2.24) is 10.3 Å². The second kappa shape index (κ2) is 14.7. The maximum Gasteiger partial charge on any atom is 0.329 e. The molecule has 1 aliphatic carbocycles. The molecule has 1 aliphatic heterocycles. The van der Waals surface area contributed by atoms with Crippen LogP contribution in [-0.4, -0.2) is 67.2 Å². The second-order valence-electron chi connectivity index (χ2n) is 10.2. The summed E-state index contributed by atoms with van der Waals surface area (Å²) in [6.45, 7) is 2.60. The van der Waals surface area contributed by atoms with Crippen molar-refractivity contribution in [2.24, 2.45) is 0 Å². The van der Waals surface area contributed by atoms with Crippen molar-refractivity contribution in [3.63, 3.8) is 0 Å². The zero-order valence-electron chi connectivity index (χ0n) is 23.7. The largest absolute Gasteiger partial charge is 0.493 e. The van der Waals surface area contributed by atoms with E-state index in [2.05, 4.69) is 10.3 Å². The van der Waals surface area contributed by atoms with Crippen molar-refractivity contribution in [2.75, 3.05) is 13.9 Å². The normalized spacial score (nSPS) is 23.3. The lowest BCUT2D eigenvalue weighted by Crippen LogP contribution is -2.47. The maximum atomic E-state index is 13.3. The fourth-order valence-electron chi connectivity index (χ4n) is 5.11. The molecule has 0 bridgehead atoms. The molecule has 0 spiro atoms. The summed E-state index contributed by atoms with van der Waals surface area (Å²) in [5, 5.41) is 2.74. The Hall–Kier alpha value is -3.86. The molecule has 4 atom stereocenters. The molecule has 11 nitrogen and oxygen atoms in total. The average molecular weight is 571 g/mol. The third kappa shape index (κ3) is 8.32. The van der Waals surface area contributed by atoms with Gasteiger partial charge in [-0.2, -0.15) is 0 Å². The molecule has 0 radical (unpaired) electrons. The van der Waals surface area contributed by atoms with Crippen LogP contribution in [0, 0.1) is 0 Å². The molecule has 1 saturated heterocycles. The van der Waals surface area contributed by atoms with Gasteiger partial charge in [-0.3, -0.25) is 9.59 Å². The molecule has 41 heavy (non-hydrogen) atoms. The molecule has 1 aromatic carbocycles. The van der Waals surface area contributed by atoms with Crippen LogP contribution < -0.4 is 19.5 Å². The van der Waals surface area contributed by atoms with E-state index in [1.807, 2.05) is 30.3 Å². The number of hydrogen-bond donors (Lipinski definition) is 1. The summed E-state index contributed by atoms with van der Waals surface area (Å²) in [5.74, 6) is -0.866. The van der Waals surface area contributed by atoms with Gasteiger partial charge in [-0.25, -0.2) is 9.78 Å². The molecule has 2 aliphatic rings. The molecule has 2 heterocycles. The van der Waals surface area contributed by atoms with E-state index in [9.17, 15) is 14.4 Å². The summed E-state index contributed by atoms with van der Waals surface area (Å²) in [6, 6.07) is 10.1. The van der Waals surface area contributed by atoms with Gasteiger partial charge in [0.05, 0.1) is 13.2 Å². The number of carbonyl (C=O) groups excluding carboxylic acids is 3. The van der Waals surface area contributed by atoms with Gasteiger partial charge >= 0.3 is 11.9 Å². The summed E-state index contributed by atoms with van der Waals surface area (Å²) in [7, 11) is 1.41. The van der Waals surface area contributed by atoms with Crippen LogP contribution in [0.5, 0.6) is 17.2 Å². The van der Waals surface area contributed by atoms with E-state index < -0.39 is 42.9 Å². The summed E-state index contributed by atoms with van der Waals surface area (Å²) in [5.41, 5.74) is -0.120. The number of nitrogens with one attached hydrogen (secondary N) is 1. The summed E-state index contributed by atoms with van der Waals surface area (Å²) in [6.07, 6.45) is 5.63. The number of amides is 1. The second-order valence-corrected chi connectivity index (χ2v) is 10.2. The van der Waals surface area contributed by atoms with Gasteiger partial charge in [-0.15, -0.1) is 0 Å². The number of para-hydroxylation sites is 1. The summed E-state index contributed by atoms with van der Waals surface area (Å²) < 4.78 is 34.4. The van der Waals surface area contributed by atoms with Crippen LogP contribution in [0.15, 0.2) is 42.6 Å². The van der Waals surface area contributed by atoms with Gasteiger partial charge in [-0.1, -0.05) is 31.0 Å². The highest BCUT2D eigenvalue weighted by molar-refractivity contribution is 5.98. The molecule has 2 aromatic rings. The minimum atomic E-state index is -0.943. The van der Waals surface area contributed by atoms with E-state index in [1.165, 1.54) is 26.3 Å². The van der Waals surface area contributed by atoms with Gasteiger partial charge in [0.2, 0.25) is 6.79 Å².